The molecular weight excluding hydrogens is 420 g/mol. The molecule has 4 nitrogen and oxygen atoms in total. The first kappa shape index (κ1) is 22.7. The smallest absolute Gasteiger partial charge is 0.117 e. The van der Waals surface area contributed by atoms with Gasteiger partial charge in [-0.2, -0.15) is 0 Å². The second-order valence-corrected chi connectivity index (χ2v) is 13.7. The Labute approximate surface area is 204 Å². The van der Waals surface area contributed by atoms with E-state index in [4.69, 9.17) is 9.97 Å². The highest BCUT2D eigenvalue weighted by molar-refractivity contribution is 5.55. The van der Waals surface area contributed by atoms with E-state index in [1.54, 1.807) is 0 Å². The highest BCUT2D eigenvalue weighted by Crippen LogP contribution is 2.72. The van der Waals surface area contributed by atoms with Gasteiger partial charge in [0.25, 0.3) is 0 Å². The molecule has 4 saturated carbocycles. The van der Waals surface area contributed by atoms with Crippen LogP contribution in [-0.2, 0) is 11.2 Å². The Balaban J connectivity index is 1.44. The van der Waals surface area contributed by atoms with Crippen LogP contribution in [0.25, 0.3) is 11.4 Å². The van der Waals surface area contributed by atoms with Crippen molar-refractivity contribution in [2.75, 3.05) is 0 Å². The fraction of sp³-hybridized carbons (Fsp3) is 0.667. The lowest BCUT2D eigenvalue weighted by atomic mass is 9.59. The van der Waals surface area contributed by atoms with Crippen LogP contribution in [0, 0.1) is 33.5 Å². The monoisotopic (exact) mass is 460 g/mol. The molecule has 2 N–H and O–H groups in total. The van der Waals surface area contributed by atoms with Crippen molar-refractivity contribution >= 4 is 0 Å². The summed E-state index contributed by atoms with van der Waals surface area (Å²) in [5.74, 6) is 1.04. The molecule has 2 heterocycles. The Morgan fingerprint density at radius 2 is 1.03 bits per heavy atom. The van der Waals surface area contributed by atoms with Crippen LogP contribution in [0.5, 0.6) is 0 Å². The van der Waals surface area contributed by atoms with Crippen molar-refractivity contribution in [3.8, 4) is 11.4 Å². The number of fused-ring (bicyclic) bond motifs is 4. The molecule has 4 aliphatic carbocycles. The zero-order valence-corrected chi connectivity index (χ0v) is 21.7. The van der Waals surface area contributed by atoms with Gasteiger partial charge in [-0.25, -0.2) is 9.97 Å². The van der Waals surface area contributed by atoms with Crippen molar-refractivity contribution in [1.82, 2.24) is 9.97 Å². The SMILES string of the molecule is CC1(C)[C@H]2CC[C@](C)(C2)[C@]1(O)c1cccc(-c2cccc([C@]3(O)C(C)(C)[C@H]4CC[C@]3(C)C4)n2)n1. The van der Waals surface area contributed by atoms with Crippen molar-refractivity contribution in [3.63, 3.8) is 0 Å². The lowest BCUT2D eigenvalue weighted by Gasteiger charge is -2.50. The molecule has 6 atom stereocenters. The van der Waals surface area contributed by atoms with Crippen LogP contribution in [0.2, 0.25) is 0 Å². The molecule has 0 radical (unpaired) electrons. The Hall–Kier alpha value is -1.78. The van der Waals surface area contributed by atoms with E-state index in [0.717, 1.165) is 48.5 Å². The molecule has 0 aromatic carbocycles. The summed E-state index contributed by atoms with van der Waals surface area (Å²) >= 11 is 0. The molecular formula is C30H40N2O2. The van der Waals surface area contributed by atoms with Gasteiger partial charge in [-0.05, 0) is 74.6 Å². The first-order valence-electron chi connectivity index (χ1n) is 13.2. The van der Waals surface area contributed by atoms with Gasteiger partial charge in [0.05, 0.1) is 22.8 Å². The van der Waals surface area contributed by atoms with Gasteiger partial charge in [0, 0.05) is 21.7 Å². The van der Waals surface area contributed by atoms with Gasteiger partial charge >= 0.3 is 0 Å². The summed E-state index contributed by atoms with van der Waals surface area (Å²) in [6.45, 7) is 13.3. The second kappa shape index (κ2) is 6.50. The summed E-state index contributed by atoms with van der Waals surface area (Å²) < 4.78 is 0. The molecule has 4 fully saturated rings. The Morgan fingerprint density at radius 3 is 1.35 bits per heavy atom. The highest BCUT2D eigenvalue weighted by Gasteiger charge is 2.71. The zero-order valence-electron chi connectivity index (χ0n) is 21.7. The predicted octanol–water partition coefficient (Wildman–Crippen LogP) is 6.21. The van der Waals surface area contributed by atoms with Crippen molar-refractivity contribution in [1.29, 1.82) is 0 Å². The maximum absolute atomic E-state index is 12.2. The summed E-state index contributed by atoms with van der Waals surface area (Å²) in [6.07, 6.45) is 6.56. The van der Waals surface area contributed by atoms with Crippen molar-refractivity contribution in [2.45, 2.75) is 91.3 Å². The second-order valence-electron chi connectivity index (χ2n) is 13.7. The molecule has 2 aromatic rings. The molecule has 0 unspecified atom stereocenters. The van der Waals surface area contributed by atoms with Gasteiger partial charge in [0.2, 0.25) is 0 Å². The minimum atomic E-state index is -0.963. The van der Waals surface area contributed by atoms with E-state index >= 15 is 0 Å². The summed E-state index contributed by atoms with van der Waals surface area (Å²) in [7, 11) is 0. The van der Waals surface area contributed by atoms with E-state index in [9.17, 15) is 10.2 Å². The Morgan fingerprint density at radius 1 is 0.647 bits per heavy atom. The number of pyridine rings is 2. The molecule has 2 aromatic heterocycles. The first-order chi connectivity index (χ1) is 15.8. The van der Waals surface area contributed by atoms with Gasteiger partial charge in [-0.1, -0.05) is 53.7 Å². The average Bonchev–Trinajstić information content (AvgIpc) is 3.49. The molecule has 4 heteroatoms. The highest BCUT2D eigenvalue weighted by atomic mass is 16.3. The predicted molar refractivity (Wildman–Crippen MR) is 134 cm³/mol. The van der Waals surface area contributed by atoms with E-state index in [2.05, 4.69) is 41.5 Å². The molecule has 0 amide bonds. The summed E-state index contributed by atoms with van der Waals surface area (Å²) in [4.78, 5) is 10.1. The summed E-state index contributed by atoms with van der Waals surface area (Å²) in [5.41, 5.74) is 0.377. The number of hydrogen-bond acceptors (Lipinski definition) is 4. The normalized spacial score (nSPS) is 43.5. The van der Waals surface area contributed by atoms with Crippen molar-refractivity contribution in [2.24, 2.45) is 33.5 Å². The molecule has 34 heavy (non-hydrogen) atoms. The first-order valence-corrected chi connectivity index (χ1v) is 13.2. The maximum atomic E-state index is 12.2. The van der Waals surface area contributed by atoms with E-state index in [1.165, 1.54) is 12.8 Å². The molecule has 182 valence electrons. The fourth-order valence-electron chi connectivity index (χ4n) is 9.35. The van der Waals surface area contributed by atoms with Crippen LogP contribution >= 0.6 is 0 Å². The maximum Gasteiger partial charge on any atom is 0.117 e. The minimum absolute atomic E-state index is 0.154. The minimum Gasteiger partial charge on any atom is -0.382 e. The third kappa shape index (κ3) is 2.38. The fourth-order valence-corrected chi connectivity index (χ4v) is 9.35. The Bertz CT molecular complexity index is 1070. The average molecular weight is 461 g/mol. The third-order valence-corrected chi connectivity index (χ3v) is 11.6. The number of aromatic nitrogens is 2. The molecule has 4 bridgehead atoms. The van der Waals surface area contributed by atoms with Gasteiger partial charge in [-0.15, -0.1) is 0 Å². The number of aliphatic hydroxyl groups is 2. The van der Waals surface area contributed by atoms with Gasteiger partial charge < -0.3 is 10.2 Å². The number of hydrogen-bond donors (Lipinski definition) is 2. The van der Waals surface area contributed by atoms with Crippen LogP contribution in [0.3, 0.4) is 0 Å². The topological polar surface area (TPSA) is 66.2 Å². The number of rotatable bonds is 3. The molecule has 6 rings (SSSR count). The summed E-state index contributed by atoms with van der Waals surface area (Å²) in [5, 5.41) is 24.5. The summed E-state index contributed by atoms with van der Waals surface area (Å²) in [6, 6.07) is 12.0. The van der Waals surface area contributed by atoms with Gasteiger partial charge in [0.15, 0.2) is 0 Å². The van der Waals surface area contributed by atoms with E-state index in [1.807, 2.05) is 36.4 Å². The van der Waals surface area contributed by atoms with Crippen LogP contribution < -0.4 is 0 Å². The van der Waals surface area contributed by atoms with Gasteiger partial charge in [0.1, 0.15) is 11.2 Å². The van der Waals surface area contributed by atoms with Crippen LogP contribution in [0.15, 0.2) is 36.4 Å². The van der Waals surface area contributed by atoms with Gasteiger partial charge in [-0.3, -0.25) is 0 Å². The van der Waals surface area contributed by atoms with Crippen LogP contribution in [-0.4, -0.2) is 20.2 Å². The van der Waals surface area contributed by atoms with Crippen LogP contribution in [0.4, 0.5) is 0 Å². The molecule has 4 aliphatic rings. The number of nitrogens with zero attached hydrogens (tertiary/aromatic N) is 2. The molecule has 0 saturated heterocycles. The Kier molecular flexibility index (Phi) is 4.34. The standard InChI is InChI=1S/C30H40N2O2/c1-25(2)19-13-15-27(5,17-19)29(25,33)23-11-7-9-21(31-23)22-10-8-12-24(32-22)30(34)26(3,4)20-14-16-28(30,6)18-20/h7-12,19-20,33-34H,13-18H2,1-6H3/t19-,20-,27+,28+,29-,30-/m0/s1. The lowest BCUT2D eigenvalue weighted by molar-refractivity contribution is -0.153. The van der Waals surface area contributed by atoms with E-state index in [0.29, 0.717) is 11.8 Å². The largest absolute Gasteiger partial charge is 0.382 e. The lowest BCUT2D eigenvalue weighted by Crippen LogP contribution is -2.52. The molecule has 0 aliphatic heterocycles. The zero-order chi connectivity index (χ0) is 24.4. The quantitative estimate of drug-likeness (QED) is 0.571. The molecule has 0 spiro atoms. The third-order valence-electron chi connectivity index (χ3n) is 11.6. The van der Waals surface area contributed by atoms with Crippen LogP contribution in [0.1, 0.15) is 91.5 Å². The van der Waals surface area contributed by atoms with Crippen molar-refractivity contribution < 1.29 is 10.2 Å². The van der Waals surface area contributed by atoms with E-state index in [-0.39, 0.29) is 21.7 Å². The van der Waals surface area contributed by atoms with Crippen molar-refractivity contribution in [3.05, 3.63) is 47.8 Å². The van der Waals surface area contributed by atoms with E-state index < -0.39 is 11.2 Å².